The van der Waals surface area contributed by atoms with Crippen LogP contribution in [0, 0.1) is 6.92 Å². The molecule has 2 N–H and O–H groups in total. The van der Waals surface area contributed by atoms with Crippen LogP contribution in [0.1, 0.15) is 31.8 Å². The fourth-order valence-electron chi connectivity index (χ4n) is 2.31. The molecular weight excluding hydrogens is 310 g/mol. The van der Waals surface area contributed by atoms with E-state index in [0.29, 0.717) is 16.9 Å². The predicted octanol–water partition coefficient (Wildman–Crippen LogP) is 2.64. The number of carbonyl (C=O) groups excluding carboxylic acids is 1. The van der Waals surface area contributed by atoms with Crippen LogP contribution in [0.3, 0.4) is 0 Å². The normalized spacial score (nSPS) is 10.1. The van der Waals surface area contributed by atoms with Crippen LogP contribution >= 0.6 is 0 Å². The molecule has 0 saturated heterocycles. The topological polar surface area (TPSA) is 84.9 Å². The van der Waals surface area contributed by atoms with Gasteiger partial charge in [-0.15, -0.1) is 0 Å². The van der Waals surface area contributed by atoms with E-state index < -0.39 is 5.97 Å². The molecule has 0 spiro atoms. The molecule has 0 heterocycles. The number of carboxylic acids is 1. The Kier molecular flexibility index (Phi) is 5.42. The first kappa shape index (κ1) is 17.3. The largest absolute Gasteiger partial charge is 0.496 e. The second kappa shape index (κ2) is 7.50. The number of carboxylic acid groups (broad SMARTS) is 1. The highest BCUT2D eigenvalue weighted by Gasteiger charge is 2.14. The zero-order valence-corrected chi connectivity index (χ0v) is 13.8. The highest BCUT2D eigenvalue weighted by atomic mass is 16.5. The summed E-state index contributed by atoms with van der Waals surface area (Å²) in [6, 6.07) is 10.1. The van der Waals surface area contributed by atoms with Gasteiger partial charge < -0.3 is 19.9 Å². The van der Waals surface area contributed by atoms with Crippen molar-refractivity contribution in [2.75, 3.05) is 14.2 Å². The molecule has 1 amide bonds. The van der Waals surface area contributed by atoms with E-state index >= 15 is 0 Å². The molecule has 0 saturated carbocycles. The summed E-state index contributed by atoms with van der Waals surface area (Å²) >= 11 is 0. The number of ether oxygens (including phenoxy) is 2. The second-order valence-corrected chi connectivity index (χ2v) is 5.23. The lowest BCUT2D eigenvalue weighted by atomic mass is 10.1. The van der Waals surface area contributed by atoms with Gasteiger partial charge in [0, 0.05) is 6.54 Å². The highest BCUT2D eigenvalue weighted by molar-refractivity contribution is 5.97. The number of nitrogens with one attached hydrogen (secondary N) is 1. The first-order valence-electron chi connectivity index (χ1n) is 7.29. The molecule has 24 heavy (non-hydrogen) atoms. The molecule has 0 bridgehead atoms. The molecular formula is C18H19NO5. The summed E-state index contributed by atoms with van der Waals surface area (Å²) in [6.45, 7) is 2.08. The summed E-state index contributed by atoms with van der Waals surface area (Å²) in [5.74, 6) is -0.611. The van der Waals surface area contributed by atoms with Gasteiger partial charge in [-0.05, 0) is 36.8 Å². The van der Waals surface area contributed by atoms with Gasteiger partial charge in [-0.1, -0.05) is 17.7 Å². The molecule has 6 heteroatoms. The lowest BCUT2D eigenvalue weighted by molar-refractivity contribution is 0.0693. The van der Waals surface area contributed by atoms with Crippen molar-refractivity contribution in [1.29, 1.82) is 0 Å². The van der Waals surface area contributed by atoms with Crippen LogP contribution in [0.15, 0.2) is 36.4 Å². The summed E-state index contributed by atoms with van der Waals surface area (Å²) < 4.78 is 10.2. The molecule has 0 aliphatic rings. The summed E-state index contributed by atoms with van der Waals surface area (Å²) in [4.78, 5) is 23.6. The zero-order chi connectivity index (χ0) is 17.7. The second-order valence-electron chi connectivity index (χ2n) is 5.23. The van der Waals surface area contributed by atoms with Crippen molar-refractivity contribution in [3.05, 3.63) is 58.7 Å². The molecule has 0 radical (unpaired) electrons. The van der Waals surface area contributed by atoms with E-state index in [0.717, 1.165) is 5.56 Å². The SMILES string of the molecule is COc1ccc(CNC(=O)c2cc(C)ccc2OC)cc1C(=O)O. The fraction of sp³-hybridized carbons (Fsp3) is 0.222. The van der Waals surface area contributed by atoms with Crippen molar-refractivity contribution in [2.24, 2.45) is 0 Å². The Balaban J connectivity index is 2.16. The standard InChI is InChI=1S/C18H19NO5/c1-11-4-6-15(23-2)13(8-11)17(20)19-10-12-5-7-16(24-3)14(9-12)18(21)22/h4-9H,10H2,1-3H3,(H,19,20)(H,21,22). The van der Waals surface area contributed by atoms with Crippen LogP contribution in [-0.2, 0) is 6.54 Å². The Hall–Kier alpha value is -3.02. The minimum atomic E-state index is -1.08. The number of carbonyl (C=O) groups is 2. The zero-order valence-electron chi connectivity index (χ0n) is 13.8. The van der Waals surface area contributed by atoms with Gasteiger partial charge in [0.1, 0.15) is 17.1 Å². The number of rotatable bonds is 6. The van der Waals surface area contributed by atoms with Gasteiger partial charge in [0.2, 0.25) is 0 Å². The molecule has 6 nitrogen and oxygen atoms in total. The van der Waals surface area contributed by atoms with Crippen molar-refractivity contribution < 1.29 is 24.2 Å². The molecule has 0 unspecified atom stereocenters. The smallest absolute Gasteiger partial charge is 0.339 e. The van der Waals surface area contributed by atoms with Crippen molar-refractivity contribution >= 4 is 11.9 Å². The number of methoxy groups -OCH3 is 2. The number of benzene rings is 2. The third-order valence-electron chi connectivity index (χ3n) is 3.55. The minimum absolute atomic E-state index is 0.0531. The van der Waals surface area contributed by atoms with Crippen molar-refractivity contribution in [2.45, 2.75) is 13.5 Å². The van der Waals surface area contributed by atoms with E-state index in [1.54, 1.807) is 24.3 Å². The van der Waals surface area contributed by atoms with Gasteiger partial charge in [0.15, 0.2) is 0 Å². The Bertz CT molecular complexity index is 770. The molecule has 0 aromatic heterocycles. The highest BCUT2D eigenvalue weighted by Crippen LogP contribution is 2.21. The maximum Gasteiger partial charge on any atom is 0.339 e. The van der Waals surface area contributed by atoms with Crippen molar-refractivity contribution in [3.8, 4) is 11.5 Å². The first-order chi connectivity index (χ1) is 11.5. The third-order valence-corrected chi connectivity index (χ3v) is 3.55. The monoisotopic (exact) mass is 329 g/mol. The summed E-state index contributed by atoms with van der Waals surface area (Å²) in [5.41, 5.74) is 2.09. The molecule has 0 aliphatic carbocycles. The molecule has 0 fully saturated rings. The van der Waals surface area contributed by atoms with Crippen LogP contribution < -0.4 is 14.8 Å². The third kappa shape index (κ3) is 3.84. The van der Waals surface area contributed by atoms with E-state index in [2.05, 4.69) is 5.32 Å². The molecule has 2 aromatic carbocycles. The number of amides is 1. The van der Waals surface area contributed by atoms with Gasteiger partial charge >= 0.3 is 5.97 Å². The van der Waals surface area contributed by atoms with Crippen molar-refractivity contribution in [1.82, 2.24) is 5.32 Å². The quantitative estimate of drug-likeness (QED) is 0.851. The van der Waals surface area contributed by atoms with Gasteiger partial charge in [-0.25, -0.2) is 4.79 Å². The summed E-state index contributed by atoms with van der Waals surface area (Å²) in [6.07, 6.45) is 0. The fourth-order valence-corrected chi connectivity index (χ4v) is 2.31. The lowest BCUT2D eigenvalue weighted by Gasteiger charge is -2.11. The molecule has 126 valence electrons. The van der Waals surface area contributed by atoms with E-state index in [1.165, 1.54) is 20.3 Å². The molecule has 0 atom stereocenters. The van der Waals surface area contributed by atoms with E-state index in [9.17, 15) is 14.7 Å². The maximum atomic E-state index is 12.4. The van der Waals surface area contributed by atoms with E-state index in [1.807, 2.05) is 13.0 Å². The summed E-state index contributed by atoms with van der Waals surface area (Å²) in [5, 5.41) is 12.0. The summed E-state index contributed by atoms with van der Waals surface area (Å²) in [7, 11) is 2.91. The number of aromatic carboxylic acids is 1. The van der Waals surface area contributed by atoms with E-state index in [-0.39, 0.29) is 23.8 Å². The number of hydrogen-bond acceptors (Lipinski definition) is 4. The average molecular weight is 329 g/mol. The van der Waals surface area contributed by atoms with Gasteiger partial charge in [-0.3, -0.25) is 4.79 Å². The molecule has 0 aliphatic heterocycles. The van der Waals surface area contributed by atoms with Crippen molar-refractivity contribution in [3.63, 3.8) is 0 Å². The van der Waals surface area contributed by atoms with Gasteiger partial charge in [-0.2, -0.15) is 0 Å². The molecule has 2 rings (SSSR count). The minimum Gasteiger partial charge on any atom is -0.496 e. The maximum absolute atomic E-state index is 12.4. The predicted molar refractivity (Wildman–Crippen MR) is 88.9 cm³/mol. The lowest BCUT2D eigenvalue weighted by Crippen LogP contribution is -2.23. The van der Waals surface area contributed by atoms with Crippen LogP contribution in [0.5, 0.6) is 11.5 Å². The Labute approximate surface area is 140 Å². The van der Waals surface area contributed by atoms with Gasteiger partial charge in [0.25, 0.3) is 5.91 Å². The van der Waals surface area contributed by atoms with Crippen LogP contribution in [0.25, 0.3) is 0 Å². The Morgan fingerprint density at radius 3 is 2.25 bits per heavy atom. The van der Waals surface area contributed by atoms with Crippen LogP contribution in [-0.4, -0.2) is 31.2 Å². The van der Waals surface area contributed by atoms with Gasteiger partial charge in [0.05, 0.1) is 19.8 Å². The molecule has 2 aromatic rings. The Morgan fingerprint density at radius 2 is 1.62 bits per heavy atom. The first-order valence-corrected chi connectivity index (χ1v) is 7.29. The van der Waals surface area contributed by atoms with Crippen LogP contribution in [0.4, 0.5) is 0 Å². The number of hydrogen-bond donors (Lipinski definition) is 2. The van der Waals surface area contributed by atoms with E-state index in [4.69, 9.17) is 9.47 Å². The number of aryl methyl sites for hydroxylation is 1. The van der Waals surface area contributed by atoms with Crippen LogP contribution in [0.2, 0.25) is 0 Å². The average Bonchev–Trinajstić information content (AvgIpc) is 2.59. The Morgan fingerprint density at radius 1 is 1.00 bits per heavy atom.